The number of hydrogen-bond donors (Lipinski definition) is 1. The van der Waals surface area contributed by atoms with Crippen LogP contribution in [0.1, 0.15) is 28.2 Å². The van der Waals surface area contributed by atoms with Gasteiger partial charge in [-0.25, -0.2) is 0 Å². The summed E-state index contributed by atoms with van der Waals surface area (Å²) in [6.07, 6.45) is 2.16. The lowest BCUT2D eigenvalue weighted by molar-refractivity contribution is 0.0724. The van der Waals surface area contributed by atoms with Crippen LogP contribution in [0.5, 0.6) is 0 Å². The molecule has 2 heterocycles. The standard InChI is InChI=1S/C14H16N4OS/c1-15-13-7-6-12(16-17-13)14(19)18(10-4-5-10)9-11-3-2-8-20-11/h2-3,6-8,10H,4-5,9H2,1H3,(H,15,17). The molecule has 0 spiro atoms. The van der Waals surface area contributed by atoms with Crippen molar-refractivity contribution in [1.29, 1.82) is 0 Å². The number of aromatic nitrogens is 2. The fourth-order valence-corrected chi connectivity index (χ4v) is 2.75. The SMILES string of the molecule is CNc1ccc(C(=O)N(Cc2cccs2)C2CC2)nn1. The summed E-state index contributed by atoms with van der Waals surface area (Å²) >= 11 is 1.68. The Labute approximate surface area is 121 Å². The van der Waals surface area contributed by atoms with Gasteiger partial charge in [0.15, 0.2) is 5.69 Å². The van der Waals surface area contributed by atoms with Crippen molar-refractivity contribution in [3.05, 3.63) is 40.2 Å². The number of amides is 1. The van der Waals surface area contributed by atoms with E-state index in [2.05, 4.69) is 21.6 Å². The van der Waals surface area contributed by atoms with E-state index in [0.717, 1.165) is 12.8 Å². The molecule has 0 saturated heterocycles. The zero-order chi connectivity index (χ0) is 13.9. The third kappa shape index (κ3) is 2.80. The molecule has 0 aromatic carbocycles. The molecule has 104 valence electrons. The fraction of sp³-hybridized carbons (Fsp3) is 0.357. The summed E-state index contributed by atoms with van der Waals surface area (Å²) in [6.45, 7) is 0.663. The molecule has 2 aromatic rings. The molecule has 0 aliphatic heterocycles. The molecule has 0 unspecified atom stereocenters. The molecule has 3 rings (SSSR count). The summed E-state index contributed by atoms with van der Waals surface area (Å²) in [6, 6.07) is 7.93. The van der Waals surface area contributed by atoms with Crippen LogP contribution in [-0.2, 0) is 6.54 Å². The van der Waals surface area contributed by atoms with Crippen molar-refractivity contribution < 1.29 is 4.79 Å². The first-order chi connectivity index (χ1) is 9.78. The molecule has 1 fully saturated rings. The summed E-state index contributed by atoms with van der Waals surface area (Å²) < 4.78 is 0. The van der Waals surface area contributed by atoms with E-state index in [1.165, 1.54) is 4.88 Å². The molecule has 2 aromatic heterocycles. The zero-order valence-corrected chi connectivity index (χ0v) is 12.1. The molecule has 20 heavy (non-hydrogen) atoms. The summed E-state index contributed by atoms with van der Waals surface area (Å²) in [5.41, 5.74) is 0.410. The lowest BCUT2D eigenvalue weighted by Gasteiger charge is -2.21. The van der Waals surface area contributed by atoms with E-state index in [9.17, 15) is 4.79 Å². The van der Waals surface area contributed by atoms with Crippen molar-refractivity contribution in [2.24, 2.45) is 0 Å². The predicted molar refractivity (Wildman–Crippen MR) is 78.8 cm³/mol. The maximum atomic E-state index is 12.6. The van der Waals surface area contributed by atoms with Crippen LogP contribution in [0.15, 0.2) is 29.6 Å². The molecule has 1 N–H and O–H groups in total. The lowest BCUT2D eigenvalue weighted by atomic mass is 10.3. The molecule has 0 radical (unpaired) electrons. The van der Waals surface area contributed by atoms with Crippen LogP contribution in [0.2, 0.25) is 0 Å². The van der Waals surface area contributed by atoms with Crippen molar-refractivity contribution in [1.82, 2.24) is 15.1 Å². The van der Waals surface area contributed by atoms with Gasteiger partial charge in [0.25, 0.3) is 5.91 Å². The summed E-state index contributed by atoms with van der Waals surface area (Å²) in [4.78, 5) is 15.7. The summed E-state index contributed by atoms with van der Waals surface area (Å²) in [5.74, 6) is 0.633. The minimum Gasteiger partial charge on any atom is -0.372 e. The second kappa shape index (κ2) is 5.58. The van der Waals surface area contributed by atoms with E-state index in [1.807, 2.05) is 16.3 Å². The van der Waals surface area contributed by atoms with Crippen LogP contribution in [0.3, 0.4) is 0 Å². The normalized spacial score (nSPS) is 14.1. The number of nitrogens with one attached hydrogen (secondary N) is 1. The van der Waals surface area contributed by atoms with Crippen LogP contribution >= 0.6 is 11.3 Å². The number of carbonyl (C=O) groups excluding carboxylic acids is 1. The van der Waals surface area contributed by atoms with Gasteiger partial charge in [-0.2, -0.15) is 0 Å². The van der Waals surface area contributed by atoms with Crippen molar-refractivity contribution in [3.8, 4) is 0 Å². The van der Waals surface area contributed by atoms with Gasteiger partial charge < -0.3 is 10.2 Å². The van der Waals surface area contributed by atoms with Gasteiger partial charge in [-0.1, -0.05) is 6.07 Å². The molecule has 5 nitrogen and oxygen atoms in total. The Morgan fingerprint density at radius 3 is 2.80 bits per heavy atom. The largest absolute Gasteiger partial charge is 0.372 e. The second-order valence-electron chi connectivity index (χ2n) is 4.80. The molecule has 1 amide bonds. The third-order valence-electron chi connectivity index (χ3n) is 3.29. The van der Waals surface area contributed by atoms with Crippen molar-refractivity contribution in [2.45, 2.75) is 25.4 Å². The van der Waals surface area contributed by atoms with Crippen LogP contribution in [0.4, 0.5) is 5.82 Å². The Hall–Kier alpha value is -1.95. The third-order valence-corrected chi connectivity index (χ3v) is 4.16. The highest BCUT2D eigenvalue weighted by Gasteiger charge is 2.33. The van der Waals surface area contributed by atoms with E-state index >= 15 is 0 Å². The van der Waals surface area contributed by atoms with E-state index < -0.39 is 0 Å². The molecular weight excluding hydrogens is 272 g/mol. The van der Waals surface area contributed by atoms with Crippen molar-refractivity contribution in [2.75, 3.05) is 12.4 Å². The van der Waals surface area contributed by atoms with E-state index in [0.29, 0.717) is 24.1 Å². The fourth-order valence-electron chi connectivity index (χ4n) is 2.05. The first-order valence-corrected chi connectivity index (χ1v) is 7.50. The van der Waals surface area contributed by atoms with Gasteiger partial charge in [0.2, 0.25) is 0 Å². The Bertz CT molecular complexity index is 578. The maximum Gasteiger partial charge on any atom is 0.274 e. The lowest BCUT2D eigenvalue weighted by Crippen LogP contribution is -2.33. The number of thiophene rings is 1. The summed E-state index contributed by atoms with van der Waals surface area (Å²) in [7, 11) is 1.78. The molecule has 0 atom stereocenters. The predicted octanol–water partition coefficient (Wildman–Crippen LogP) is 2.38. The first-order valence-electron chi connectivity index (χ1n) is 6.63. The zero-order valence-electron chi connectivity index (χ0n) is 11.2. The van der Waals surface area contributed by atoms with Gasteiger partial charge >= 0.3 is 0 Å². The molecule has 6 heteroatoms. The number of hydrogen-bond acceptors (Lipinski definition) is 5. The number of anilines is 1. The molecular formula is C14H16N4OS. The highest BCUT2D eigenvalue weighted by Crippen LogP contribution is 2.30. The maximum absolute atomic E-state index is 12.6. The van der Waals surface area contributed by atoms with Gasteiger partial charge in [-0.15, -0.1) is 21.5 Å². The van der Waals surface area contributed by atoms with Gasteiger partial charge in [0.05, 0.1) is 6.54 Å². The Morgan fingerprint density at radius 2 is 2.25 bits per heavy atom. The van der Waals surface area contributed by atoms with Crippen LogP contribution in [0, 0.1) is 0 Å². The Kier molecular flexibility index (Phi) is 3.64. The highest BCUT2D eigenvalue weighted by molar-refractivity contribution is 7.09. The first kappa shape index (κ1) is 13.1. The monoisotopic (exact) mass is 288 g/mol. The average molecular weight is 288 g/mol. The van der Waals surface area contributed by atoms with E-state index in [-0.39, 0.29) is 5.91 Å². The number of carbonyl (C=O) groups is 1. The smallest absolute Gasteiger partial charge is 0.274 e. The van der Waals surface area contributed by atoms with Gasteiger partial charge in [-0.05, 0) is 36.4 Å². The highest BCUT2D eigenvalue weighted by atomic mass is 32.1. The second-order valence-corrected chi connectivity index (χ2v) is 5.83. The Morgan fingerprint density at radius 1 is 1.40 bits per heavy atom. The van der Waals surface area contributed by atoms with Gasteiger partial charge in [0.1, 0.15) is 5.82 Å². The molecule has 1 saturated carbocycles. The molecule has 0 bridgehead atoms. The molecule has 1 aliphatic carbocycles. The van der Waals surface area contributed by atoms with Gasteiger partial charge in [0, 0.05) is 18.0 Å². The van der Waals surface area contributed by atoms with Gasteiger partial charge in [-0.3, -0.25) is 4.79 Å². The number of rotatable bonds is 5. The van der Waals surface area contributed by atoms with Crippen LogP contribution in [0.25, 0.3) is 0 Å². The average Bonchev–Trinajstić information content (AvgIpc) is 3.21. The van der Waals surface area contributed by atoms with E-state index in [4.69, 9.17) is 0 Å². The quantitative estimate of drug-likeness (QED) is 0.917. The summed E-state index contributed by atoms with van der Waals surface area (Å²) in [5, 5.41) is 12.9. The number of nitrogens with zero attached hydrogens (tertiary/aromatic N) is 3. The topological polar surface area (TPSA) is 58.1 Å². The Balaban J connectivity index is 1.77. The molecule has 1 aliphatic rings. The van der Waals surface area contributed by atoms with Crippen LogP contribution < -0.4 is 5.32 Å². The minimum absolute atomic E-state index is 0.0314. The van der Waals surface area contributed by atoms with Crippen molar-refractivity contribution in [3.63, 3.8) is 0 Å². The van der Waals surface area contributed by atoms with Crippen molar-refractivity contribution >= 4 is 23.1 Å². The van der Waals surface area contributed by atoms with E-state index in [1.54, 1.807) is 30.5 Å². The van der Waals surface area contributed by atoms with Crippen LogP contribution in [-0.4, -0.2) is 34.1 Å². The minimum atomic E-state index is -0.0314.